The van der Waals surface area contributed by atoms with Gasteiger partial charge in [0.15, 0.2) is 0 Å². The van der Waals surface area contributed by atoms with E-state index < -0.39 is 0 Å². The van der Waals surface area contributed by atoms with Crippen molar-refractivity contribution in [1.82, 2.24) is 5.43 Å². The lowest BCUT2D eigenvalue weighted by Crippen LogP contribution is -2.25. The number of hydrogen-bond donors (Lipinski definition) is 2. The number of amides is 1. The minimum Gasteiger partial charge on any atom is -0.460 e. The molecule has 3 aromatic rings. The average Bonchev–Trinajstić information content (AvgIpc) is 2.98. The van der Waals surface area contributed by atoms with Crippen LogP contribution in [0.25, 0.3) is 10.8 Å². The number of rotatable bonds is 5. The van der Waals surface area contributed by atoms with Crippen molar-refractivity contribution in [1.29, 1.82) is 0 Å². The van der Waals surface area contributed by atoms with E-state index in [4.69, 9.17) is 4.42 Å². The van der Waals surface area contributed by atoms with E-state index in [0.29, 0.717) is 5.76 Å². The van der Waals surface area contributed by atoms with Gasteiger partial charge in [0.2, 0.25) is 0 Å². The fraction of sp³-hybridized carbons (Fsp3) is 0.111. The van der Waals surface area contributed by atoms with E-state index >= 15 is 0 Å². The molecule has 2 aromatic carbocycles. The largest absolute Gasteiger partial charge is 0.460 e. The van der Waals surface area contributed by atoms with Crippen LogP contribution in [0.3, 0.4) is 0 Å². The van der Waals surface area contributed by atoms with Crippen LogP contribution in [0.15, 0.2) is 64.1 Å². The van der Waals surface area contributed by atoms with Gasteiger partial charge < -0.3 is 9.73 Å². The molecule has 0 atom stereocenters. The van der Waals surface area contributed by atoms with E-state index in [1.165, 1.54) is 11.6 Å². The van der Waals surface area contributed by atoms with Gasteiger partial charge >= 0.3 is 0 Å². The summed E-state index contributed by atoms with van der Waals surface area (Å²) in [6.07, 6.45) is 1.47. The Kier molecular flexibility index (Phi) is 4.38. The molecule has 0 aliphatic heterocycles. The highest BCUT2D eigenvalue weighted by Gasteiger charge is 2.01. The quantitative estimate of drug-likeness (QED) is 0.561. The third-order valence-electron chi connectivity index (χ3n) is 3.34. The summed E-state index contributed by atoms with van der Waals surface area (Å²) in [4.78, 5) is 11.8. The molecule has 0 bridgehead atoms. The number of nitrogens with one attached hydrogen (secondary N) is 2. The van der Waals surface area contributed by atoms with E-state index in [2.05, 4.69) is 21.9 Å². The smallest absolute Gasteiger partial charge is 0.259 e. The van der Waals surface area contributed by atoms with Crippen molar-refractivity contribution in [3.8, 4) is 0 Å². The number of aryl methyl sites for hydroxylation is 1. The molecule has 1 amide bonds. The van der Waals surface area contributed by atoms with E-state index in [0.717, 1.165) is 16.8 Å². The molecule has 2 N–H and O–H groups in total. The van der Waals surface area contributed by atoms with E-state index in [1.54, 1.807) is 6.07 Å². The van der Waals surface area contributed by atoms with E-state index in [9.17, 15) is 4.79 Å². The maximum Gasteiger partial charge on any atom is 0.259 e. The summed E-state index contributed by atoms with van der Waals surface area (Å²) in [5.74, 6) is 1.18. The maximum absolute atomic E-state index is 11.8. The molecule has 23 heavy (non-hydrogen) atoms. The number of carbonyl (C=O) groups excluding carboxylic acids is 1. The van der Waals surface area contributed by atoms with Crippen LogP contribution in [-0.4, -0.2) is 18.7 Å². The van der Waals surface area contributed by atoms with Crippen LogP contribution in [-0.2, 0) is 4.79 Å². The molecule has 0 radical (unpaired) electrons. The minimum absolute atomic E-state index is 0.146. The number of carbonyl (C=O) groups is 1. The lowest BCUT2D eigenvalue weighted by molar-refractivity contribution is -0.119. The molecule has 3 rings (SSSR count). The molecular weight excluding hydrogens is 290 g/mol. The molecule has 0 spiro atoms. The van der Waals surface area contributed by atoms with Crippen molar-refractivity contribution in [3.63, 3.8) is 0 Å². The molecule has 5 nitrogen and oxygen atoms in total. The first-order chi connectivity index (χ1) is 11.2. The molecular formula is C18H17N3O2. The van der Waals surface area contributed by atoms with Crippen molar-refractivity contribution in [2.75, 3.05) is 11.9 Å². The van der Waals surface area contributed by atoms with Crippen LogP contribution < -0.4 is 10.7 Å². The second-order valence-electron chi connectivity index (χ2n) is 5.16. The van der Waals surface area contributed by atoms with Crippen molar-refractivity contribution in [2.45, 2.75) is 6.92 Å². The zero-order valence-corrected chi connectivity index (χ0v) is 12.7. The summed E-state index contributed by atoms with van der Waals surface area (Å²) in [5.41, 5.74) is 3.35. The molecule has 1 heterocycles. The molecule has 0 unspecified atom stereocenters. The van der Waals surface area contributed by atoms with Gasteiger partial charge in [0.05, 0.1) is 12.8 Å². The van der Waals surface area contributed by atoms with Crippen molar-refractivity contribution >= 4 is 28.6 Å². The highest BCUT2D eigenvalue weighted by atomic mass is 16.3. The second-order valence-corrected chi connectivity index (χ2v) is 5.16. The zero-order chi connectivity index (χ0) is 16.1. The number of furan rings is 1. The fourth-order valence-corrected chi connectivity index (χ4v) is 2.21. The van der Waals surface area contributed by atoms with Crippen LogP contribution >= 0.6 is 0 Å². The number of fused-ring (bicyclic) bond motifs is 1. The highest BCUT2D eigenvalue weighted by Crippen LogP contribution is 2.18. The second kappa shape index (κ2) is 6.79. The molecule has 0 saturated carbocycles. The number of benzene rings is 2. The van der Waals surface area contributed by atoms with Crippen molar-refractivity contribution < 1.29 is 9.21 Å². The monoisotopic (exact) mass is 307 g/mol. The van der Waals surface area contributed by atoms with Gasteiger partial charge in [-0.25, -0.2) is 5.43 Å². The summed E-state index contributed by atoms with van der Waals surface area (Å²) in [6, 6.07) is 17.7. The molecule has 5 heteroatoms. The van der Waals surface area contributed by atoms with Gasteiger partial charge in [-0.1, -0.05) is 30.3 Å². The van der Waals surface area contributed by atoms with Crippen LogP contribution in [0, 0.1) is 6.92 Å². The topological polar surface area (TPSA) is 66.6 Å². The van der Waals surface area contributed by atoms with Gasteiger partial charge in [0.1, 0.15) is 11.5 Å². The first kappa shape index (κ1) is 14.8. The Bertz CT molecular complexity index is 852. The first-order valence-corrected chi connectivity index (χ1v) is 7.32. The van der Waals surface area contributed by atoms with Gasteiger partial charge in [-0.15, -0.1) is 0 Å². The standard InChI is InChI=1S/C18H17N3O2/c1-13-6-9-17(23-13)11-20-21-18(22)12-19-16-8-7-14-4-2-3-5-15(14)10-16/h2-11,19H,12H2,1H3,(H,21,22)/b20-11-. The normalized spacial score (nSPS) is 11.0. The number of hydrogen-bond acceptors (Lipinski definition) is 4. The summed E-state index contributed by atoms with van der Waals surface area (Å²) in [5, 5.41) is 9.24. The lowest BCUT2D eigenvalue weighted by atomic mass is 10.1. The Labute approximate surface area is 134 Å². The number of anilines is 1. The number of nitrogens with zero attached hydrogens (tertiary/aromatic N) is 1. The Hall–Kier alpha value is -3.08. The summed E-state index contributed by atoms with van der Waals surface area (Å²) in [7, 11) is 0. The lowest BCUT2D eigenvalue weighted by Gasteiger charge is -2.06. The predicted octanol–water partition coefficient (Wildman–Crippen LogP) is 3.30. The van der Waals surface area contributed by atoms with Crippen LogP contribution in [0.2, 0.25) is 0 Å². The molecule has 0 aliphatic rings. The first-order valence-electron chi connectivity index (χ1n) is 7.32. The van der Waals surface area contributed by atoms with Gasteiger partial charge in [-0.05, 0) is 42.0 Å². The highest BCUT2D eigenvalue weighted by molar-refractivity contribution is 5.87. The third-order valence-corrected chi connectivity index (χ3v) is 3.34. The number of hydrazone groups is 1. The van der Waals surface area contributed by atoms with Gasteiger partial charge in [0.25, 0.3) is 5.91 Å². The van der Waals surface area contributed by atoms with Crippen molar-refractivity contribution in [3.05, 3.63) is 66.1 Å². The van der Waals surface area contributed by atoms with Crippen molar-refractivity contribution in [2.24, 2.45) is 5.10 Å². The van der Waals surface area contributed by atoms with E-state index in [1.807, 2.05) is 49.4 Å². The molecule has 1 aromatic heterocycles. The molecule has 0 saturated heterocycles. The molecule has 116 valence electrons. The molecule has 0 fully saturated rings. The Balaban J connectivity index is 1.52. The summed E-state index contributed by atoms with van der Waals surface area (Å²) in [6.45, 7) is 2.00. The van der Waals surface area contributed by atoms with Gasteiger partial charge in [-0.3, -0.25) is 4.79 Å². The Morgan fingerprint density at radius 3 is 2.74 bits per heavy atom. The SMILES string of the molecule is Cc1ccc(/C=N\NC(=O)CNc2ccc3ccccc3c2)o1. The fourth-order valence-electron chi connectivity index (χ4n) is 2.21. The van der Waals surface area contributed by atoms with E-state index in [-0.39, 0.29) is 12.5 Å². The van der Waals surface area contributed by atoms with Crippen LogP contribution in [0.5, 0.6) is 0 Å². The Morgan fingerprint density at radius 2 is 1.96 bits per heavy atom. The predicted molar refractivity (Wildman–Crippen MR) is 91.6 cm³/mol. The third kappa shape index (κ3) is 3.97. The van der Waals surface area contributed by atoms with Crippen LogP contribution in [0.4, 0.5) is 5.69 Å². The van der Waals surface area contributed by atoms with Crippen LogP contribution in [0.1, 0.15) is 11.5 Å². The summed E-state index contributed by atoms with van der Waals surface area (Å²) >= 11 is 0. The summed E-state index contributed by atoms with van der Waals surface area (Å²) < 4.78 is 5.32. The average molecular weight is 307 g/mol. The molecule has 0 aliphatic carbocycles. The Morgan fingerprint density at radius 1 is 1.13 bits per heavy atom. The zero-order valence-electron chi connectivity index (χ0n) is 12.7. The maximum atomic E-state index is 11.8. The van der Waals surface area contributed by atoms with Gasteiger partial charge in [0, 0.05) is 5.69 Å². The van der Waals surface area contributed by atoms with Gasteiger partial charge in [-0.2, -0.15) is 5.10 Å². The minimum atomic E-state index is -0.224.